The van der Waals surface area contributed by atoms with E-state index >= 15 is 0 Å². The maximum absolute atomic E-state index is 2.33. The van der Waals surface area contributed by atoms with E-state index in [1.807, 2.05) is 0 Å². The lowest BCUT2D eigenvalue weighted by atomic mass is 9.71. The summed E-state index contributed by atoms with van der Waals surface area (Å²) in [5.41, 5.74) is 4.28. The molecule has 94 valence electrons. The van der Waals surface area contributed by atoms with Gasteiger partial charge in [0.1, 0.15) is 0 Å². The fourth-order valence-electron chi connectivity index (χ4n) is 2.39. The van der Waals surface area contributed by atoms with Crippen molar-refractivity contribution in [3.05, 3.63) is 71.3 Å². The third-order valence-electron chi connectivity index (χ3n) is 4.18. The molecule has 0 heteroatoms. The summed E-state index contributed by atoms with van der Waals surface area (Å²) in [5.74, 6) is 0.500. The first-order valence-corrected chi connectivity index (χ1v) is 6.64. The first-order valence-electron chi connectivity index (χ1n) is 6.64. The van der Waals surface area contributed by atoms with E-state index in [0.717, 1.165) is 0 Å². The maximum atomic E-state index is 2.33. The molecule has 0 bridgehead atoms. The third kappa shape index (κ3) is 2.48. The Balaban J connectivity index is 2.32. The van der Waals surface area contributed by atoms with Crippen molar-refractivity contribution < 1.29 is 0 Å². The van der Waals surface area contributed by atoms with E-state index in [1.54, 1.807) is 0 Å². The van der Waals surface area contributed by atoms with Crippen LogP contribution in [-0.4, -0.2) is 0 Å². The van der Waals surface area contributed by atoms with Crippen LogP contribution in [0.5, 0.6) is 0 Å². The van der Waals surface area contributed by atoms with Crippen LogP contribution in [0.2, 0.25) is 0 Å². The van der Waals surface area contributed by atoms with Gasteiger partial charge in [0.05, 0.1) is 0 Å². The average molecular weight is 238 g/mol. The largest absolute Gasteiger partial charge is 0.0622 e. The van der Waals surface area contributed by atoms with Crippen molar-refractivity contribution in [2.45, 2.75) is 39.0 Å². The molecule has 0 nitrogen and oxygen atoms in total. The molecule has 0 aliphatic heterocycles. The van der Waals surface area contributed by atoms with E-state index in [2.05, 4.69) is 82.3 Å². The molecule has 0 fully saturated rings. The SMILES string of the molecule is Cc1ccc(C(C)C(C)(C)c2ccccc2)cc1. The zero-order chi connectivity index (χ0) is 13.2. The second kappa shape index (κ2) is 4.97. The van der Waals surface area contributed by atoms with Gasteiger partial charge in [-0.25, -0.2) is 0 Å². The quantitative estimate of drug-likeness (QED) is 0.699. The topological polar surface area (TPSA) is 0 Å². The summed E-state index contributed by atoms with van der Waals surface area (Å²) in [6.45, 7) is 9.11. The molecule has 2 aromatic rings. The summed E-state index contributed by atoms with van der Waals surface area (Å²) in [6.07, 6.45) is 0. The van der Waals surface area contributed by atoms with Crippen molar-refractivity contribution in [1.82, 2.24) is 0 Å². The van der Waals surface area contributed by atoms with Gasteiger partial charge in [0, 0.05) is 0 Å². The van der Waals surface area contributed by atoms with Gasteiger partial charge in [-0.1, -0.05) is 80.9 Å². The van der Waals surface area contributed by atoms with Gasteiger partial charge in [-0.3, -0.25) is 0 Å². The Morgan fingerprint density at radius 3 is 1.94 bits per heavy atom. The van der Waals surface area contributed by atoms with E-state index in [1.165, 1.54) is 16.7 Å². The standard InChI is InChI=1S/C18H22/c1-14-10-12-16(13-11-14)15(2)18(3,4)17-8-6-5-7-9-17/h5-13,15H,1-4H3. The van der Waals surface area contributed by atoms with Gasteiger partial charge < -0.3 is 0 Å². The summed E-state index contributed by atoms with van der Waals surface area (Å²) < 4.78 is 0. The molecular weight excluding hydrogens is 216 g/mol. The smallest absolute Gasteiger partial charge is 0.00376 e. The molecule has 18 heavy (non-hydrogen) atoms. The number of hydrogen-bond donors (Lipinski definition) is 0. The van der Waals surface area contributed by atoms with Gasteiger partial charge in [0.2, 0.25) is 0 Å². The van der Waals surface area contributed by atoms with Crippen molar-refractivity contribution in [3.8, 4) is 0 Å². The Morgan fingerprint density at radius 1 is 0.833 bits per heavy atom. The summed E-state index contributed by atoms with van der Waals surface area (Å²) in [4.78, 5) is 0. The zero-order valence-electron chi connectivity index (χ0n) is 11.8. The Hall–Kier alpha value is -1.56. The summed E-state index contributed by atoms with van der Waals surface area (Å²) in [5, 5.41) is 0. The van der Waals surface area contributed by atoms with Gasteiger partial charge in [-0.2, -0.15) is 0 Å². The lowest BCUT2D eigenvalue weighted by Gasteiger charge is -2.33. The zero-order valence-corrected chi connectivity index (χ0v) is 11.8. The minimum Gasteiger partial charge on any atom is -0.0622 e. The lowest BCUT2D eigenvalue weighted by molar-refractivity contribution is 0.436. The van der Waals surface area contributed by atoms with Crippen molar-refractivity contribution in [2.75, 3.05) is 0 Å². The number of hydrogen-bond acceptors (Lipinski definition) is 0. The highest BCUT2D eigenvalue weighted by atomic mass is 14.3. The molecule has 0 amide bonds. The van der Waals surface area contributed by atoms with Crippen LogP contribution in [0.4, 0.5) is 0 Å². The van der Waals surface area contributed by atoms with Gasteiger partial charge in [0.15, 0.2) is 0 Å². The molecule has 0 aliphatic rings. The predicted octanol–water partition coefficient (Wildman–Crippen LogP) is 5.08. The summed E-state index contributed by atoms with van der Waals surface area (Å²) in [7, 11) is 0. The summed E-state index contributed by atoms with van der Waals surface area (Å²) in [6, 6.07) is 19.7. The average Bonchev–Trinajstić information content (AvgIpc) is 2.40. The maximum Gasteiger partial charge on any atom is -0.00376 e. The molecule has 0 heterocycles. The molecule has 2 rings (SSSR count). The van der Waals surface area contributed by atoms with E-state index in [9.17, 15) is 0 Å². The highest BCUT2D eigenvalue weighted by molar-refractivity contribution is 5.32. The minimum absolute atomic E-state index is 0.149. The fourth-order valence-corrected chi connectivity index (χ4v) is 2.39. The highest BCUT2D eigenvalue weighted by Crippen LogP contribution is 2.38. The second-order valence-corrected chi connectivity index (χ2v) is 5.72. The predicted molar refractivity (Wildman–Crippen MR) is 79.1 cm³/mol. The van der Waals surface area contributed by atoms with Crippen LogP contribution in [-0.2, 0) is 5.41 Å². The van der Waals surface area contributed by atoms with Gasteiger partial charge >= 0.3 is 0 Å². The number of aryl methyl sites for hydroxylation is 1. The Bertz CT molecular complexity index is 491. The van der Waals surface area contributed by atoms with Crippen LogP contribution in [0.25, 0.3) is 0 Å². The molecule has 0 saturated carbocycles. The van der Waals surface area contributed by atoms with Crippen molar-refractivity contribution in [1.29, 1.82) is 0 Å². The van der Waals surface area contributed by atoms with Crippen LogP contribution in [0.15, 0.2) is 54.6 Å². The summed E-state index contributed by atoms with van der Waals surface area (Å²) >= 11 is 0. The Labute approximate surface area is 111 Å². The molecule has 0 radical (unpaired) electrons. The lowest BCUT2D eigenvalue weighted by Crippen LogP contribution is -2.24. The molecular formula is C18H22. The Kier molecular flexibility index (Phi) is 3.56. The number of rotatable bonds is 3. The van der Waals surface area contributed by atoms with Crippen LogP contribution in [0, 0.1) is 6.92 Å². The van der Waals surface area contributed by atoms with E-state index < -0.39 is 0 Å². The van der Waals surface area contributed by atoms with Gasteiger partial charge in [-0.15, -0.1) is 0 Å². The molecule has 2 aromatic carbocycles. The van der Waals surface area contributed by atoms with Crippen LogP contribution in [0.3, 0.4) is 0 Å². The molecule has 1 atom stereocenters. The van der Waals surface area contributed by atoms with Crippen molar-refractivity contribution >= 4 is 0 Å². The van der Waals surface area contributed by atoms with Crippen LogP contribution < -0.4 is 0 Å². The first kappa shape index (κ1) is 12.9. The molecule has 1 unspecified atom stereocenters. The molecule has 0 aliphatic carbocycles. The minimum atomic E-state index is 0.149. The first-order chi connectivity index (χ1) is 8.51. The molecule has 0 aromatic heterocycles. The van der Waals surface area contributed by atoms with E-state index in [4.69, 9.17) is 0 Å². The fraction of sp³-hybridized carbons (Fsp3) is 0.333. The van der Waals surface area contributed by atoms with Crippen molar-refractivity contribution in [3.63, 3.8) is 0 Å². The van der Waals surface area contributed by atoms with Gasteiger partial charge in [0.25, 0.3) is 0 Å². The van der Waals surface area contributed by atoms with Gasteiger partial charge in [-0.05, 0) is 29.4 Å². The monoisotopic (exact) mass is 238 g/mol. The number of benzene rings is 2. The van der Waals surface area contributed by atoms with Crippen molar-refractivity contribution in [2.24, 2.45) is 0 Å². The normalized spacial score (nSPS) is 13.3. The van der Waals surface area contributed by atoms with Crippen LogP contribution in [0.1, 0.15) is 43.4 Å². The van der Waals surface area contributed by atoms with Crippen LogP contribution >= 0.6 is 0 Å². The second-order valence-electron chi connectivity index (χ2n) is 5.72. The van der Waals surface area contributed by atoms with E-state index in [0.29, 0.717) is 5.92 Å². The Morgan fingerprint density at radius 2 is 1.39 bits per heavy atom. The molecule has 0 N–H and O–H groups in total. The third-order valence-corrected chi connectivity index (χ3v) is 4.18. The van der Waals surface area contributed by atoms with E-state index in [-0.39, 0.29) is 5.41 Å². The molecule has 0 spiro atoms. The highest BCUT2D eigenvalue weighted by Gasteiger charge is 2.28. The molecule has 0 saturated heterocycles.